The first-order chi connectivity index (χ1) is 12.3. The Balaban J connectivity index is 1.47. The predicted molar refractivity (Wildman–Crippen MR) is 104 cm³/mol. The van der Waals surface area contributed by atoms with Crippen molar-refractivity contribution in [2.75, 3.05) is 13.7 Å². The second kappa shape index (κ2) is 7.95. The standard InChI is InChI=1S/C20H27Cl2NO3/c1-20-8-7-13(16(24)12-20)10-18(20)23(2)19(25)4-3-9-26-17-6-5-14(21)11-15(17)22/h5-6,11,13,16,18,24H,3-4,7-10,12H2,1-2H3. The molecule has 0 spiro atoms. The Morgan fingerprint density at radius 1 is 1.42 bits per heavy atom. The summed E-state index contributed by atoms with van der Waals surface area (Å²) in [4.78, 5) is 14.5. The summed E-state index contributed by atoms with van der Waals surface area (Å²) in [5.74, 6) is 1.07. The Hall–Kier alpha value is -0.970. The summed E-state index contributed by atoms with van der Waals surface area (Å²) in [6.07, 6.45) is 4.76. The lowest BCUT2D eigenvalue weighted by atomic mass is 9.57. The zero-order valence-corrected chi connectivity index (χ0v) is 16.9. The van der Waals surface area contributed by atoms with Crippen molar-refractivity contribution in [2.45, 2.75) is 57.6 Å². The van der Waals surface area contributed by atoms with Gasteiger partial charge in [0, 0.05) is 24.5 Å². The van der Waals surface area contributed by atoms with Gasteiger partial charge in [-0.3, -0.25) is 4.79 Å². The molecule has 4 rings (SSSR count). The van der Waals surface area contributed by atoms with E-state index in [1.807, 2.05) is 11.9 Å². The molecule has 26 heavy (non-hydrogen) atoms. The number of rotatable bonds is 6. The van der Waals surface area contributed by atoms with Crippen LogP contribution in [0, 0.1) is 11.3 Å². The number of aliphatic hydroxyl groups is 1. The first-order valence-electron chi connectivity index (χ1n) is 9.32. The maximum absolute atomic E-state index is 12.6. The molecule has 4 unspecified atom stereocenters. The largest absolute Gasteiger partial charge is 0.492 e. The van der Waals surface area contributed by atoms with E-state index >= 15 is 0 Å². The Morgan fingerprint density at radius 3 is 2.85 bits per heavy atom. The fourth-order valence-electron chi connectivity index (χ4n) is 4.58. The van der Waals surface area contributed by atoms with Crippen LogP contribution in [0.4, 0.5) is 0 Å². The number of hydrogen-bond donors (Lipinski definition) is 1. The number of nitrogens with zero attached hydrogens (tertiary/aromatic N) is 1. The molecule has 3 saturated carbocycles. The zero-order chi connectivity index (χ0) is 18.9. The minimum atomic E-state index is -0.203. The van der Waals surface area contributed by atoms with E-state index in [4.69, 9.17) is 27.9 Å². The van der Waals surface area contributed by atoms with Crippen molar-refractivity contribution in [2.24, 2.45) is 11.3 Å². The molecule has 6 heteroatoms. The van der Waals surface area contributed by atoms with Gasteiger partial charge in [0.2, 0.25) is 5.91 Å². The average Bonchev–Trinajstić information content (AvgIpc) is 2.59. The number of hydrogen-bond acceptors (Lipinski definition) is 3. The molecule has 0 aromatic heterocycles. The molecule has 4 nitrogen and oxygen atoms in total. The molecule has 3 aliphatic rings. The molecule has 4 atom stereocenters. The SMILES string of the molecule is CN(C(=O)CCCOc1ccc(Cl)cc1Cl)C1CC2CCC1(C)CC2O. The summed E-state index contributed by atoms with van der Waals surface area (Å²) in [5, 5.41) is 11.2. The summed E-state index contributed by atoms with van der Waals surface area (Å²) in [6.45, 7) is 2.65. The quantitative estimate of drug-likeness (QED) is 0.713. The van der Waals surface area contributed by atoms with Gasteiger partial charge in [0.15, 0.2) is 0 Å². The van der Waals surface area contributed by atoms with Crippen LogP contribution in [0.1, 0.15) is 45.4 Å². The first kappa shape index (κ1) is 19.8. The third kappa shape index (κ3) is 4.13. The molecule has 1 amide bonds. The van der Waals surface area contributed by atoms with Gasteiger partial charge in [0.1, 0.15) is 5.75 Å². The molecule has 0 aliphatic heterocycles. The van der Waals surface area contributed by atoms with Crippen LogP contribution in [0.5, 0.6) is 5.75 Å². The van der Waals surface area contributed by atoms with Gasteiger partial charge in [-0.15, -0.1) is 0 Å². The fraction of sp³-hybridized carbons (Fsp3) is 0.650. The summed E-state index contributed by atoms with van der Waals surface area (Å²) in [5.41, 5.74) is 0.0336. The normalized spacial score (nSPS) is 30.3. The maximum atomic E-state index is 12.6. The van der Waals surface area contributed by atoms with E-state index in [1.165, 1.54) is 0 Å². The lowest BCUT2D eigenvalue weighted by Gasteiger charge is -2.55. The monoisotopic (exact) mass is 399 g/mol. The highest BCUT2D eigenvalue weighted by molar-refractivity contribution is 6.35. The molecule has 0 radical (unpaired) electrons. The van der Waals surface area contributed by atoms with Gasteiger partial charge in [-0.2, -0.15) is 0 Å². The fourth-order valence-corrected chi connectivity index (χ4v) is 5.04. The van der Waals surface area contributed by atoms with Crippen molar-refractivity contribution in [3.8, 4) is 5.75 Å². The molecule has 2 bridgehead atoms. The molecule has 144 valence electrons. The zero-order valence-electron chi connectivity index (χ0n) is 15.4. The van der Waals surface area contributed by atoms with E-state index in [9.17, 15) is 9.90 Å². The summed E-state index contributed by atoms with van der Waals surface area (Å²) >= 11 is 12.0. The van der Waals surface area contributed by atoms with Gasteiger partial charge in [-0.1, -0.05) is 30.1 Å². The van der Waals surface area contributed by atoms with Crippen molar-refractivity contribution in [3.63, 3.8) is 0 Å². The molecule has 1 aromatic rings. The minimum Gasteiger partial charge on any atom is -0.492 e. The third-order valence-corrected chi connectivity index (χ3v) is 6.71. The van der Waals surface area contributed by atoms with Crippen molar-refractivity contribution in [3.05, 3.63) is 28.2 Å². The van der Waals surface area contributed by atoms with Crippen molar-refractivity contribution in [1.82, 2.24) is 4.90 Å². The van der Waals surface area contributed by atoms with E-state index < -0.39 is 0 Å². The van der Waals surface area contributed by atoms with Crippen molar-refractivity contribution in [1.29, 1.82) is 0 Å². The van der Waals surface area contributed by atoms with Gasteiger partial charge in [0.25, 0.3) is 0 Å². The molecule has 1 N–H and O–H groups in total. The maximum Gasteiger partial charge on any atom is 0.222 e. The predicted octanol–water partition coefficient (Wildman–Crippen LogP) is 4.55. The number of ether oxygens (including phenoxy) is 1. The van der Waals surface area contributed by atoms with Crippen LogP contribution in [0.25, 0.3) is 0 Å². The molecule has 3 fully saturated rings. The minimum absolute atomic E-state index is 0.0336. The topological polar surface area (TPSA) is 49.8 Å². The van der Waals surface area contributed by atoms with Gasteiger partial charge >= 0.3 is 0 Å². The van der Waals surface area contributed by atoms with Gasteiger partial charge in [-0.25, -0.2) is 0 Å². The molecular weight excluding hydrogens is 373 g/mol. The van der Waals surface area contributed by atoms with E-state index in [2.05, 4.69) is 6.92 Å². The second-order valence-corrected chi connectivity index (χ2v) is 8.85. The molecule has 0 saturated heterocycles. The van der Waals surface area contributed by atoms with E-state index in [0.29, 0.717) is 41.2 Å². The molecular formula is C20H27Cl2NO3. The number of carbonyl (C=O) groups excluding carboxylic acids is 1. The van der Waals surface area contributed by atoms with Crippen molar-refractivity contribution < 1.29 is 14.6 Å². The van der Waals surface area contributed by atoms with Crippen LogP contribution in [-0.2, 0) is 4.79 Å². The number of fused-ring (bicyclic) bond motifs is 3. The highest BCUT2D eigenvalue weighted by atomic mass is 35.5. The Labute approximate surface area is 165 Å². The Morgan fingerprint density at radius 2 is 2.19 bits per heavy atom. The number of benzene rings is 1. The summed E-state index contributed by atoms with van der Waals surface area (Å²) in [6, 6.07) is 5.34. The second-order valence-electron chi connectivity index (χ2n) is 8.01. The number of aliphatic hydroxyl groups excluding tert-OH is 1. The third-order valence-electron chi connectivity index (χ3n) is 6.18. The smallest absolute Gasteiger partial charge is 0.222 e. The van der Waals surface area contributed by atoms with Gasteiger partial charge < -0.3 is 14.7 Å². The van der Waals surface area contributed by atoms with Gasteiger partial charge in [-0.05, 0) is 61.6 Å². The highest BCUT2D eigenvalue weighted by Crippen LogP contribution is 2.51. The van der Waals surface area contributed by atoms with E-state index in [1.54, 1.807) is 18.2 Å². The highest BCUT2D eigenvalue weighted by Gasteiger charge is 2.50. The van der Waals surface area contributed by atoms with Crippen LogP contribution in [0.2, 0.25) is 10.0 Å². The first-order valence-corrected chi connectivity index (χ1v) is 10.1. The van der Waals surface area contributed by atoms with Crippen LogP contribution >= 0.6 is 23.2 Å². The van der Waals surface area contributed by atoms with Crippen LogP contribution in [-0.4, -0.2) is 41.7 Å². The van der Waals surface area contributed by atoms with Crippen molar-refractivity contribution >= 4 is 29.1 Å². The van der Waals surface area contributed by atoms with Crippen LogP contribution in [0.3, 0.4) is 0 Å². The summed E-state index contributed by atoms with van der Waals surface area (Å²) in [7, 11) is 1.91. The average molecular weight is 400 g/mol. The van der Waals surface area contributed by atoms with E-state index in [-0.39, 0.29) is 23.5 Å². The Kier molecular flexibility index (Phi) is 6.05. The lowest BCUT2D eigenvalue weighted by molar-refractivity contribution is -0.145. The molecule has 0 heterocycles. The molecule has 3 aliphatic carbocycles. The number of carbonyl (C=O) groups is 1. The number of halogens is 2. The van der Waals surface area contributed by atoms with Crippen LogP contribution in [0.15, 0.2) is 18.2 Å². The van der Waals surface area contributed by atoms with E-state index in [0.717, 1.165) is 25.7 Å². The summed E-state index contributed by atoms with van der Waals surface area (Å²) < 4.78 is 5.66. The Bertz CT molecular complexity index is 668. The molecule has 1 aromatic carbocycles. The number of amides is 1. The van der Waals surface area contributed by atoms with Crippen LogP contribution < -0.4 is 4.74 Å². The van der Waals surface area contributed by atoms with Gasteiger partial charge in [0.05, 0.1) is 17.7 Å². The lowest BCUT2D eigenvalue weighted by Crippen LogP contribution is -2.57.